The number of nitrogens with one attached hydrogen (secondary N) is 1. The van der Waals surface area contributed by atoms with Crippen molar-refractivity contribution in [1.29, 1.82) is 0 Å². The summed E-state index contributed by atoms with van der Waals surface area (Å²) >= 11 is 0. The van der Waals surface area contributed by atoms with E-state index in [2.05, 4.69) is 34.5 Å². The largest absolute Gasteiger partial charge is 0.484 e. The number of hydrogen-bond acceptors (Lipinski definition) is 6. The summed E-state index contributed by atoms with van der Waals surface area (Å²) in [6, 6.07) is 9.50. The van der Waals surface area contributed by atoms with Crippen LogP contribution in [-0.4, -0.2) is 32.5 Å². The SMILES string of the molecule is Cc1cc(-c2nnc(NC(=O)COc3ccc(C(C)C)cc3)o2)n(C)n1. The molecule has 0 unspecified atom stereocenters. The number of aromatic nitrogens is 4. The Morgan fingerprint density at radius 1 is 1.27 bits per heavy atom. The molecule has 0 spiro atoms. The standard InChI is InChI=1S/C18H21N5O3/c1-11(2)13-5-7-14(8-6-13)25-10-16(24)19-18-21-20-17(26-18)15-9-12(3)22-23(15)4/h5-9,11H,10H2,1-4H3,(H,19,21,24). The van der Waals surface area contributed by atoms with Gasteiger partial charge in [0.2, 0.25) is 0 Å². The Hall–Kier alpha value is -3.16. The van der Waals surface area contributed by atoms with Gasteiger partial charge in [0, 0.05) is 7.05 Å². The van der Waals surface area contributed by atoms with Crippen molar-refractivity contribution in [2.24, 2.45) is 7.05 Å². The molecule has 0 atom stereocenters. The van der Waals surface area contributed by atoms with Crippen molar-refractivity contribution in [2.45, 2.75) is 26.7 Å². The summed E-state index contributed by atoms with van der Waals surface area (Å²) in [5.41, 5.74) is 2.73. The van der Waals surface area contributed by atoms with Crippen LogP contribution >= 0.6 is 0 Å². The van der Waals surface area contributed by atoms with E-state index in [0.717, 1.165) is 5.69 Å². The minimum absolute atomic E-state index is 0.0163. The second-order valence-electron chi connectivity index (χ2n) is 6.27. The molecule has 0 aliphatic carbocycles. The molecule has 2 aromatic heterocycles. The Bertz CT molecular complexity index is 896. The number of hydrogen-bond donors (Lipinski definition) is 1. The van der Waals surface area contributed by atoms with Crippen LogP contribution in [0, 0.1) is 6.92 Å². The van der Waals surface area contributed by atoms with Crippen molar-refractivity contribution in [3.05, 3.63) is 41.6 Å². The molecule has 8 nitrogen and oxygen atoms in total. The van der Waals surface area contributed by atoms with Crippen molar-refractivity contribution in [2.75, 3.05) is 11.9 Å². The zero-order valence-electron chi connectivity index (χ0n) is 15.2. The summed E-state index contributed by atoms with van der Waals surface area (Å²) in [6.45, 7) is 5.96. The molecule has 26 heavy (non-hydrogen) atoms. The normalized spacial score (nSPS) is 11.0. The van der Waals surface area contributed by atoms with Gasteiger partial charge in [-0.25, -0.2) is 0 Å². The maximum absolute atomic E-state index is 12.0. The van der Waals surface area contributed by atoms with E-state index in [0.29, 0.717) is 17.4 Å². The number of benzene rings is 1. The summed E-state index contributed by atoms with van der Waals surface area (Å²) in [6.07, 6.45) is 0. The number of ether oxygens (including phenoxy) is 1. The second-order valence-corrected chi connectivity index (χ2v) is 6.27. The van der Waals surface area contributed by atoms with Gasteiger partial charge < -0.3 is 9.15 Å². The van der Waals surface area contributed by atoms with Gasteiger partial charge in [-0.2, -0.15) is 5.10 Å². The van der Waals surface area contributed by atoms with Gasteiger partial charge in [-0.05, 0) is 36.6 Å². The third-order valence-electron chi connectivity index (χ3n) is 3.81. The molecule has 1 amide bonds. The van der Waals surface area contributed by atoms with Gasteiger partial charge in [-0.15, -0.1) is 5.10 Å². The van der Waals surface area contributed by atoms with Gasteiger partial charge in [0.25, 0.3) is 11.8 Å². The molecule has 136 valence electrons. The fourth-order valence-electron chi connectivity index (χ4n) is 2.44. The van der Waals surface area contributed by atoms with Crippen molar-refractivity contribution < 1.29 is 13.9 Å². The first-order chi connectivity index (χ1) is 12.4. The van der Waals surface area contributed by atoms with Gasteiger partial charge in [-0.1, -0.05) is 31.1 Å². The quantitative estimate of drug-likeness (QED) is 0.730. The summed E-state index contributed by atoms with van der Waals surface area (Å²) in [4.78, 5) is 12.0. The number of carbonyl (C=O) groups is 1. The highest BCUT2D eigenvalue weighted by molar-refractivity contribution is 5.89. The molecule has 1 aromatic carbocycles. The van der Waals surface area contributed by atoms with Crippen molar-refractivity contribution in [1.82, 2.24) is 20.0 Å². The maximum atomic E-state index is 12.0. The summed E-state index contributed by atoms with van der Waals surface area (Å²) in [5, 5.41) is 14.5. The average molecular weight is 355 g/mol. The van der Waals surface area contributed by atoms with Crippen LogP contribution < -0.4 is 10.1 Å². The fraction of sp³-hybridized carbons (Fsp3) is 0.333. The first-order valence-electron chi connectivity index (χ1n) is 8.29. The molecule has 3 rings (SSSR count). The van der Waals surface area contributed by atoms with Gasteiger partial charge in [0.1, 0.15) is 11.4 Å². The molecule has 0 saturated heterocycles. The van der Waals surface area contributed by atoms with Crippen LogP contribution in [0.2, 0.25) is 0 Å². The smallest absolute Gasteiger partial charge is 0.322 e. The predicted molar refractivity (Wildman–Crippen MR) is 95.9 cm³/mol. The number of anilines is 1. The first kappa shape index (κ1) is 17.7. The third kappa shape index (κ3) is 4.08. The Morgan fingerprint density at radius 3 is 2.62 bits per heavy atom. The fourth-order valence-corrected chi connectivity index (χ4v) is 2.44. The van der Waals surface area contributed by atoms with Gasteiger partial charge in [0.05, 0.1) is 5.69 Å². The monoisotopic (exact) mass is 355 g/mol. The van der Waals surface area contributed by atoms with E-state index in [-0.39, 0.29) is 24.4 Å². The molecule has 8 heteroatoms. The minimum Gasteiger partial charge on any atom is -0.484 e. The average Bonchev–Trinajstić information content (AvgIpc) is 3.19. The summed E-state index contributed by atoms with van der Waals surface area (Å²) in [5.74, 6) is 0.978. The second kappa shape index (κ2) is 7.38. The van der Waals surface area contributed by atoms with Crippen LogP contribution in [0.3, 0.4) is 0 Å². The lowest BCUT2D eigenvalue weighted by Gasteiger charge is -2.08. The van der Waals surface area contributed by atoms with Crippen molar-refractivity contribution in [3.63, 3.8) is 0 Å². The van der Waals surface area contributed by atoms with Crippen molar-refractivity contribution >= 4 is 11.9 Å². The lowest BCUT2D eigenvalue weighted by atomic mass is 10.0. The van der Waals surface area contributed by atoms with E-state index in [4.69, 9.17) is 9.15 Å². The van der Waals surface area contributed by atoms with Crippen LogP contribution in [0.15, 0.2) is 34.7 Å². The zero-order valence-corrected chi connectivity index (χ0v) is 15.2. The molecule has 1 N–H and O–H groups in total. The Labute approximate surface area is 151 Å². The first-order valence-corrected chi connectivity index (χ1v) is 8.29. The third-order valence-corrected chi connectivity index (χ3v) is 3.81. The molecule has 0 radical (unpaired) electrons. The number of carbonyl (C=O) groups excluding carboxylic acids is 1. The Kier molecular flexibility index (Phi) is 5.01. The summed E-state index contributed by atoms with van der Waals surface area (Å²) < 4.78 is 12.6. The lowest BCUT2D eigenvalue weighted by molar-refractivity contribution is -0.118. The van der Waals surface area contributed by atoms with E-state index in [1.807, 2.05) is 37.3 Å². The highest BCUT2D eigenvalue weighted by Crippen LogP contribution is 2.20. The van der Waals surface area contributed by atoms with Crippen LogP contribution in [0.25, 0.3) is 11.6 Å². The van der Waals surface area contributed by atoms with Crippen molar-refractivity contribution in [3.8, 4) is 17.3 Å². The van der Waals surface area contributed by atoms with E-state index >= 15 is 0 Å². The number of amides is 1. The van der Waals surface area contributed by atoms with Gasteiger partial charge >= 0.3 is 6.01 Å². The summed E-state index contributed by atoms with van der Waals surface area (Å²) in [7, 11) is 1.78. The van der Waals surface area contributed by atoms with E-state index < -0.39 is 0 Å². The van der Waals surface area contributed by atoms with Gasteiger partial charge in [0.15, 0.2) is 6.61 Å². The highest BCUT2D eigenvalue weighted by atomic mass is 16.5. The molecule has 0 aliphatic heterocycles. The zero-order chi connectivity index (χ0) is 18.7. The molecular formula is C18H21N5O3. The highest BCUT2D eigenvalue weighted by Gasteiger charge is 2.15. The van der Waals surface area contributed by atoms with Crippen LogP contribution in [-0.2, 0) is 11.8 Å². The van der Waals surface area contributed by atoms with Gasteiger partial charge in [-0.3, -0.25) is 14.8 Å². The topological polar surface area (TPSA) is 95.1 Å². The van der Waals surface area contributed by atoms with E-state index in [9.17, 15) is 4.79 Å². The van der Waals surface area contributed by atoms with E-state index in [1.54, 1.807) is 11.7 Å². The van der Waals surface area contributed by atoms with Crippen LogP contribution in [0.5, 0.6) is 5.75 Å². The lowest BCUT2D eigenvalue weighted by Crippen LogP contribution is -2.20. The Balaban J connectivity index is 1.56. The molecule has 0 fully saturated rings. The number of nitrogens with zero attached hydrogens (tertiary/aromatic N) is 4. The molecule has 0 bridgehead atoms. The van der Waals surface area contributed by atoms with Crippen LogP contribution in [0.4, 0.5) is 6.01 Å². The Morgan fingerprint density at radius 2 is 2.00 bits per heavy atom. The molecule has 2 heterocycles. The number of aryl methyl sites for hydroxylation is 2. The molecule has 3 aromatic rings. The molecule has 0 aliphatic rings. The maximum Gasteiger partial charge on any atom is 0.322 e. The molecule has 0 saturated carbocycles. The van der Waals surface area contributed by atoms with Crippen LogP contribution in [0.1, 0.15) is 31.0 Å². The predicted octanol–water partition coefficient (Wildman–Crippen LogP) is 2.92. The minimum atomic E-state index is -0.380. The number of rotatable bonds is 6. The van der Waals surface area contributed by atoms with E-state index in [1.165, 1.54) is 5.56 Å². The molecular weight excluding hydrogens is 334 g/mol.